The molecule has 1 amide bonds. The minimum absolute atomic E-state index is 0.0527. The number of ether oxygens (including phenoxy) is 2. The maximum Gasteiger partial charge on any atom is 0.586 e. The molecule has 3 heterocycles. The summed E-state index contributed by atoms with van der Waals surface area (Å²) in [5.74, 6) is -2.46. The first-order valence-electron chi connectivity index (χ1n) is 6.85. The monoisotopic (exact) mass is 337 g/mol. The lowest BCUT2D eigenvalue weighted by atomic mass is 9.85. The van der Waals surface area contributed by atoms with Crippen molar-refractivity contribution in [2.75, 3.05) is 5.32 Å². The van der Waals surface area contributed by atoms with E-state index in [4.69, 9.17) is 0 Å². The van der Waals surface area contributed by atoms with E-state index in [0.717, 1.165) is 0 Å². The first kappa shape index (κ1) is 14.4. The number of nitrogens with one attached hydrogen (secondary N) is 2. The van der Waals surface area contributed by atoms with E-state index in [1.54, 1.807) is 0 Å². The molecule has 0 saturated heterocycles. The highest BCUT2D eigenvalue weighted by Crippen LogP contribution is 2.45. The number of carboxylic acid groups (broad SMARTS) is 1. The van der Waals surface area contributed by atoms with E-state index < -0.39 is 18.2 Å². The molecule has 0 spiro atoms. The topological polar surface area (TPSA) is 114 Å². The van der Waals surface area contributed by atoms with Gasteiger partial charge in [0.15, 0.2) is 17.3 Å². The SMILES string of the molecule is O=C1C[C@H](c2ccc3c(c2)OC(F)(F)O3)c2c(n[nH]c2C(=O)O)N1. The second-order valence-electron chi connectivity index (χ2n) is 5.34. The normalized spacial score (nSPS) is 20.4. The number of benzene rings is 1. The lowest BCUT2D eigenvalue weighted by Crippen LogP contribution is -2.26. The van der Waals surface area contributed by atoms with Gasteiger partial charge in [-0.25, -0.2) is 4.79 Å². The number of carbonyl (C=O) groups is 2. The summed E-state index contributed by atoms with van der Waals surface area (Å²) in [7, 11) is 0. The summed E-state index contributed by atoms with van der Waals surface area (Å²) < 4.78 is 35.0. The summed E-state index contributed by atoms with van der Waals surface area (Å²) in [6, 6.07) is 4.08. The minimum Gasteiger partial charge on any atom is -0.477 e. The molecular weight excluding hydrogens is 328 g/mol. The number of alkyl halides is 2. The Kier molecular flexibility index (Phi) is 2.80. The number of fused-ring (bicyclic) bond motifs is 2. The molecular formula is C14H9F2N3O5. The molecule has 10 heteroatoms. The molecule has 1 aromatic heterocycles. The molecule has 2 aromatic rings. The second-order valence-corrected chi connectivity index (χ2v) is 5.34. The zero-order valence-corrected chi connectivity index (χ0v) is 11.8. The van der Waals surface area contributed by atoms with Crippen LogP contribution in [0.25, 0.3) is 0 Å². The molecule has 0 bridgehead atoms. The van der Waals surface area contributed by atoms with Crippen LogP contribution in [0.2, 0.25) is 0 Å². The summed E-state index contributed by atoms with van der Waals surface area (Å²) in [5.41, 5.74) is 0.556. The number of carboxylic acids is 1. The highest BCUT2D eigenvalue weighted by molar-refractivity contribution is 5.98. The quantitative estimate of drug-likeness (QED) is 0.771. The van der Waals surface area contributed by atoms with Crippen molar-refractivity contribution in [2.45, 2.75) is 18.6 Å². The Bertz CT molecular complexity index is 879. The summed E-state index contributed by atoms with van der Waals surface area (Å²) in [6.07, 6.45) is -3.80. The van der Waals surface area contributed by atoms with Crippen molar-refractivity contribution < 1.29 is 33.0 Å². The highest BCUT2D eigenvalue weighted by Gasteiger charge is 2.44. The molecule has 124 valence electrons. The average Bonchev–Trinajstić information content (AvgIpc) is 3.04. The molecule has 4 rings (SSSR count). The van der Waals surface area contributed by atoms with Crippen molar-refractivity contribution in [3.05, 3.63) is 35.0 Å². The Hall–Kier alpha value is -3.17. The standard InChI is InChI=1S/C14H9F2N3O5/c15-14(16)23-7-2-1-5(3-8(7)24-14)6-4-9(20)17-12-10(6)11(13(21)22)18-19-12/h1-3,6H,4H2,(H,21,22)(H2,17,18,19,20)/t6-/m1/s1. The van der Waals surface area contributed by atoms with Crippen LogP contribution in [0.1, 0.15) is 34.0 Å². The van der Waals surface area contributed by atoms with E-state index in [1.165, 1.54) is 18.2 Å². The molecule has 2 aliphatic rings. The lowest BCUT2D eigenvalue weighted by Gasteiger charge is -2.22. The van der Waals surface area contributed by atoms with E-state index in [-0.39, 0.29) is 40.9 Å². The van der Waals surface area contributed by atoms with Crippen molar-refractivity contribution in [2.24, 2.45) is 0 Å². The van der Waals surface area contributed by atoms with Gasteiger partial charge in [0.25, 0.3) is 0 Å². The highest BCUT2D eigenvalue weighted by atomic mass is 19.3. The van der Waals surface area contributed by atoms with Crippen LogP contribution >= 0.6 is 0 Å². The Balaban J connectivity index is 1.80. The van der Waals surface area contributed by atoms with Gasteiger partial charge in [-0.3, -0.25) is 9.89 Å². The summed E-state index contributed by atoms with van der Waals surface area (Å²) in [6.45, 7) is 0. The smallest absolute Gasteiger partial charge is 0.477 e. The molecule has 24 heavy (non-hydrogen) atoms. The molecule has 3 N–H and O–H groups in total. The van der Waals surface area contributed by atoms with Gasteiger partial charge in [-0.15, -0.1) is 8.78 Å². The Morgan fingerprint density at radius 1 is 1.33 bits per heavy atom. The average molecular weight is 337 g/mol. The number of aromatic nitrogens is 2. The molecule has 8 nitrogen and oxygen atoms in total. The van der Waals surface area contributed by atoms with Crippen LogP contribution < -0.4 is 14.8 Å². The minimum atomic E-state index is -3.75. The van der Waals surface area contributed by atoms with Crippen LogP contribution in [0.15, 0.2) is 18.2 Å². The van der Waals surface area contributed by atoms with Crippen LogP contribution in [0.4, 0.5) is 14.6 Å². The molecule has 0 radical (unpaired) electrons. The number of carbonyl (C=O) groups excluding carboxylic acids is 1. The number of aromatic amines is 1. The summed E-state index contributed by atoms with van der Waals surface area (Å²) in [4.78, 5) is 23.2. The van der Waals surface area contributed by atoms with E-state index in [0.29, 0.717) is 5.56 Å². The van der Waals surface area contributed by atoms with Crippen LogP contribution in [0.3, 0.4) is 0 Å². The molecule has 2 aliphatic heterocycles. The van der Waals surface area contributed by atoms with Crippen LogP contribution in [0.5, 0.6) is 11.5 Å². The first-order valence-corrected chi connectivity index (χ1v) is 6.85. The summed E-state index contributed by atoms with van der Waals surface area (Å²) in [5, 5.41) is 17.9. The third-order valence-electron chi connectivity index (χ3n) is 3.84. The van der Waals surface area contributed by atoms with Crippen LogP contribution in [-0.4, -0.2) is 33.5 Å². The van der Waals surface area contributed by atoms with E-state index in [1.807, 2.05) is 0 Å². The maximum absolute atomic E-state index is 13.1. The maximum atomic E-state index is 13.1. The van der Waals surface area contributed by atoms with Gasteiger partial charge in [-0.1, -0.05) is 6.07 Å². The van der Waals surface area contributed by atoms with Gasteiger partial charge in [0, 0.05) is 17.9 Å². The third-order valence-corrected chi connectivity index (χ3v) is 3.84. The van der Waals surface area contributed by atoms with Gasteiger partial charge >= 0.3 is 12.3 Å². The summed E-state index contributed by atoms with van der Waals surface area (Å²) >= 11 is 0. The predicted molar refractivity (Wildman–Crippen MR) is 73.3 cm³/mol. The van der Waals surface area contributed by atoms with Gasteiger partial charge in [0.1, 0.15) is 5.69 Å². The third kappa shape index (κ3) is 2.14. The number of anilines is 1. The number of amides is 1. The van der Waals surface area contributed by atoms with E-state index in [2.05, 4.69) is 25.0 Å². The zero-order chi connectivity index (χ0) is 17.1. The fourth-order valence-electron chi connectivity index (χ4n) is 2.89. The largest absolute Gasteiger partial charge is 0.586 e. The van der Waals surface area contributed by atoms with Crippen molar-refractivity contribution in [1.29, 1.82) is 0 Å². The first-order chi connectivity index (χ1) is 11.3. The number of rotatable bonds is 2. The number of halogens is 2. The number of aromatic carboxylic acids is 1. The molecule has 1 aromatic carbocycles. The van der Waals surface area contributed by atoms with Crippen molar-refractivity contribution >= 4 is 17.7 Å². The van der Waals surface area contributed by atoms with E-state index in [9.17, 15) is 23.5 Å². The van der Waals surface area contributed by atoms with Gasteiger partial charge in [0.2, 0.25) is 5.91 Å². The predicted octanol–water partition coefficient (Wildman–Crippen LogP) is 1.90. The second kappa shape index (κ2) is 4.66. The van der Waals surface area contributed by atoms with E-state index >= 15 is 0 Å². The number of nitrogens with zero attached hydrogens (tertiary/aromatic N) is 1. The molecule has 1 atom stereocenters. The van der Waals surface area contributed by atoms with Crippen molar-refractivity contribution in [3.8, 4) is 11.5 Å². The van der Waals surface area contributed by atoms with Crippen molar-refractivity contribution in [3.63, 3.8) is 0 Å². The Labute approximate surface area is 132 Å². The zero-order valence-electron chi connectivity index (χ0n) is 11.8. The number of hydrogen-bond donors (Lipinski definition) is 3. The molecule has 0 fully saturated rings. The fourth-order valence-corrected chi connectivity index (χ4v) is 2.89. The van der Waals surface area contributed by atoms with Gasteiger partial charge < -0.3 is 19.9 Å². The lowest BCUT2D eigenvalue weighted by molar-refractivity contribution is -0.286. The van der Waals surface area contributed by atoms with Gasteiger partial charge in [-0.05, 0) is 17.7 Å². The van der Waals surface area contributed by atoms with Crippen LogP contribution in [0, 0.1) is 0 Å². The number of hydrogen-bond acceptors (Lipinski definition) is 5. The Morgan fingerprint density at radius 2 is 2.08 bits per heavy atom. The fraction of sp³-hybridized carbons (Fsp3) is 0.214. The van der Waals surface area contributed by atoms with Crippen molar-refractivity contribution in [1.82, 2.24) is 10.2 Å². The van der Waals surface area contributed by atoms with Crippen LogP contribution in [-0.2, 0) is 4.79 Å². The molecule has 0 aliphatic carbocycles. The Morgan fingerprint density at radius 3 is 2.83 bits per heavy atom. The number of H-pyrrole nitrogens is 1. The molecule has 0 unspecified atom stereocenters. The molecule has 0 saturated carbocycles. The van der Waals surface area contributed by atoms with Gasteiger partial charge in [0.05, 0.1) is 0 Å². The van der Waals surface area contributed by atoms with Gasteiger partial charge in [-0.2, -0.15) is 5.10 Å².